The summed E-state index contributed by atoms with van der Waals surface area (Å²) in [7, 11) is 0. The summed E-state index contributed by atoms with van der Waals surface area (Å²) < 4.78 is 0. The molecule has 2 aliphatic rings. The Kier molecular flexibility index (Phi) is 8.01. The Morgan fingerprint density at radius 3 is 2.56 bits per heavy atom. The van der Waals surface area contributed by atoms with Crippen LogP contribution in [0.25, 0.3) is 0 Å². The number of aromatic nitrogens is 1. The van der Waals surface area contributed by atoms with Crippen LogP contribution in [-0.4, -0.2) is 60.3 Å². The molecular weight excluding hydrogens is 422 g/mol. The molecule has 2 aliphatic heterocycles. The summed E-state index contributed by atoms with van der Waals surface area (Å²) in [5, 5.41) is 6.87. The average Bonchev–Trinajstić information content (AvgIpc) is 3.09. The lowest BCUT2D eigenvalue weighted by molar-refractivity contribution is -0.120. The van der Waals surface area contributed by atoms with Gasteiger partial charge in [-0.15, -0.1) is 11.8 Å². The second-order valence-electron chi connectivity index (χ2n) is 8.24. The van der Waals surface area contributed by atoms with Crippen LogP contribution in [0.5, 0.6) is 0 Å². The highest BCUT2D eigenvalue weighted by Gasteiger charge is 2.23. The molecule has 3 amide bonds. The molecule has 0 atom stereocenters. The van der Waals surface area contributed by atoms with E-state index >= 15 is 0 Å². The zero-order chi connectivity index (χ0) is 22.2. The van der Waals surface area contributed by atoms with E-state index in [1.54, 1.807) is 22.9 Å². The number of urea groups is 1. The number of nitrogens with zero attached hydrogens (tertiary/aromatic N) is 3. The van der Waals surface area contributed by atoms with Crippen LogP contribution < -0.4 is 15.5 Å². The zero-order valence-electron chi connectivity index (χ0n) is 18.4. The number of amides is 3. The standard InChI is InChI=1S/C24H31N5O2S/c30-22(25-12-15-28-13-3-1-2-4-14-28)18-19-7-9-20(10-8-19)27-24(31)29-16-17-32-23-21(29)6-5-11-26-23/h5-11H,1-4,12-18H2,(H,25,30)(H,27,31). The van der Waals surface area contributed by atoms with Gasteiger partial charge in [-0.05, 0) is 55.8 Å². The SMILES string of the molecule is O=C(Cc1ccc(NC(=O)N2CCSc3ncccc32)cc1)NCCN1CCCCCC1. The number of thioether (sulfide) groups is 1. The first-order chi connectivity index (χ1) is 15.7. The minimum Gasteiger partial charge on any atom is -0.355 e. The normalized spacial score (nSPS) is 16.7. The summed E-state index contributed by atoms with van der Waals surface area (Å²) in [6.07, 6.45) is 7.25. The summed E-state index contributed by atoms with van der Waals surface area (Å²) in [5.41, 5.74) is 2.48. The quantitative estimate of drug-likeness (QED) is 0.696. The van der Waals surface area contributed by atoms with E-state index < -0.39 is 0 Å². The van der Waals surface area contributed by atoms with Gasteiger partial charge in [-0.2, -0.15) is 0 Å². The van der Waals surface area contributed by atoms with Crippen molar-refractivity contribution in [2.24, 2.45) is 0 Å². The fourth-order valence-electron chi connectivity index (χ4n) is 4.12. The van der Waals surface area contributed by atoms with Crippen molar-refractivity contribution in [2.75, 3.05) is 48.7 Å². The number of carbonyl (C=O) groups is 2. The van der Waals surface area contributed by atoms with E-state index in [1.165, 1.54) is 25.7 Å². The Hall–Kier alpha value is -2.58. The average molecular weight is 454 g/mol. The van der Waals surface area contributed by atoms with Crippen molar-refractivity contribution in [3.05, 3.63) is 48.2 Å². The lowest BCUT2D eigenvalue weighted by Gasteiger charge is -2.28. The molecule has 1 aromatic heterocycles. The molecule has 7 nitrogen and oxygen atoms in total. The van der Waals surface area contributed by atoms with Crippen molar-refractivity contribution in [1.82, 2.24) is 15.2 Å². The van der Waals surface area contributed by atoms with Gasteiger partial charge in [-0.1, -0.05) is 25.0 Å². The number of likely N-dealkylation sites (tertiary alicyclic amines) is 1. The maximum atomic E-state index is 12.8. The van der Waals surface area contributed by atoms with Crippen LogP contribution >= 0.6 is 11.8 Å². The molecule has 170 valence electrons. The van der Waals surface area contributed by atoms with Crippen LogP contribution in [0.3, 0.4) is 0 Å². The molecular formula is C24H31N5O2S. The van der Waals surface area contributed by atoms with Gasteiger partial charge in [0.15, 0.2) is 0 Å². The van der Waals surface area contributed by atoms with Gasteiger partial charge in [0, 0.05) is 37.3 Å². The lowest BCUT2D eigenvalue weighted by atomic mass is 10.1. The summed E-state index contributed by atoms with van der Waals surface area (Å²) in [6.45, 7) is 4.54. The van der Waals surface area contributed by atoms with Crippen molar-refractivity contribution >= 4 is 35.1 Å². The monoisotopic (exact) mass is 453 g/mol. The molecule has 0 spiro atoms. The molecule has 1 saturated heterocycles. The zero-order valence-corrected chi connectivity index (χ0v) is 19.2. The minimum absolute atomic E-state index is 0.0338. The van der Waals surface area contributed by atoms with Crippen molar-refractivity contribution in [3.63, 3.8) is 0 Å². The first-order valence-corrected chi connectivity index (χ1v) is 12.4. The number of benzene rings is 1. The van der Waals surface area contributed by atoms with E-state index in [9.17, 15) is 9.59 Å². The predicted octanol–water partition coefficient (Wildman–Crippen LogP) is 3.76. The Bertz CT molecular complexity index is 913. The summed E-state index contributed by atoms with van der Waals surface area (Å²) in [4.78, 5) is 33.6. The fraction of sp³-hybridized carbons (Fsp3) is 0.458. The molecule has 32 heavy (non-hydrogen) atoms. The predicted molar refractivity (Wildman–Crippen MR) is 129 cm³/mol. The maximum absolute atomic E-state index is 12.8. The van der Waals surface area contributed by atoms with Crippen molar-refractivity contribution in [1.29, 1.82) is 0 Å². The summed E-state index contributed by atoms with van der Waals surface area (Å²) in [5.74, 6) is 0.856. The van der Waals surface area contributed by atoms with Gasteiger partial charge in [-0.25, -0.2) is 9.78 Å². The molecule has 4 rings (SSSR count). The van der Waals surface area contributed by atoms with Crippen LogP contribution in [-0.2, 0) is 11.2 Å². The highest BCUT2D eigenvalue weighted by atomic mass is 32.2. The van der Waals surface area contributed by atoms with Crippen LogP contribution in [0.2, 0.25) is 0 Å². The third-order valence-corrected chi connectivity index (χ3v) is 6.83. The molecule has 0 bridgehead atoms. The Balaban J connectivity index is 1.23. The molecule has 1 aromatic carbocycles. The molecule has 0 aliphatic carbocycles. The van der Waals surface area contributed by atoms with E-state index in [0.29, 0.717) is 25.2 Å². The van der Waals surface area contributed by atoms with E-state index in [4.69, 9.17) is 0 Å². The van der Waals surface area contributed by atoms with Crippen LogP contribution in [0.4, 0.5) is 16.2 Å². The van der Waals surface area contributed by atoms with Gasteiger partial charge in [0.25, 0.3) is 0 Å². The highest BCUT2D eigenvalue weighted by molar-refractivity contribution is 7.99. The molecule has 0 radical (unpaired) electrons. The topological polar surface area (TPSA) is 77.6 Å². The third kappa shape index (κ3) is 6.23. The number of pyridine rings is 1. The molecule has 1 fully saturated rings. The van der Waals surface area contributed by atoms with Crippen LogP contribution in [0, 0.1) is 0 Å². The van der Waals surface area contributed by atoms with Gasteiger partial charge < -0.3 is 15.5 Å². The number of hydrogen-bond donors (Lipinski definition) is 2. The fourth-order valence-corrected chi connectivity index (χ4v) is 5.05. The van der Waals surface area contributed by atoms with Gasteiger partial charge in [-0.3, -0.25) is 9.69 Å². The maximum Gasteiger partial charge on any atom is 0.326 e. The number of anilines is 2. The largest absolute Gasteiger partial charge is 0.355 e. The third-order valence-electron chi connectivity index (χ3n) is 5.86. The molecule has 2 N–H and O–H groups in total. The smallest absolute Gasteiger partial charge is 0.326 e. The minimum atomic E-state index is -0.168. The number of carbonyl (C=O) groups excluding carboxylic acids is 2. The molecule has 3 heterocycles. The van der Waals surface area contributed by atoms with E-state index in [-0.39, 0.29) is 11.9 Å². The summed E-state index contributed by atoms with van der Waals surface area (Å²) in [6, 6.07) is 11.1. The molecule has 0 saturated carbocycles. The van der Waals surface area contributed by atoms with Crippen molar-refractivity contribution in [2.45, 2.75) is 37.1 Å². The number of fused-ring (bicyclic) bond motifs is 1. The number of rotatable bonds is 6. The first kappa shape index (κ1) is 22.6. The van der Waals surface area contributed by atoms with Crippen molar-refractivity contribution < 1.29 is 9.59 Å². The van der Waals surface area contributed by atoms with E-state index in [1.807, 2.05) is 36.4 Å². The van der Waals surface area contributed by atoms with Gasteiger partial charge in [0.1, 0.15) is 5.03 Å². The molecule has 8 heteroatoms. The van der Waals surface area contributed by atoms with Gasteiger partial charge >= 0.3 is 6.03 Å². The Morgan fingerprint density at radius 2 is 1.78 bits per heavy atom. The van der Waals surface area contributed by atoms with E-state index in [0.717, 1.165) is 41.7 Å². The Labute approximate surface area is 194 Å². The van der Waals surface area contributed by atoms with Gasteiger partial charge in [0.2, 0.25) is 5.91 Å². The second-order valence-corrected chi connectivity index (χ2v) is 9.32. The Morgan fingerprint density at radius 1 is 1.00 bits per heavy atom. The highest BCUT2D eigenvalue weighted by Crippen LogP contribution is 2.32. The number of hydrogen-bond acceptors (Lipinski definition) is 5. The van der Waals surface area contributed by atoms with Gasteiger partial charge in [0.05, 0.1) is 12.1 Å². The first-order valence-electron chi connectivity index (χ1n) is 11.4. The van der Waals surface area contributed by atoms with Crippen LogP contribution in [0.15, 0.2) is 47.6 Å². The number of nitrogens with one attached hydrogen (secondary N) is 2. The van der Waals surface area contributed by atoms with Crippen LogP contribution in [0.1, 0.15) is 31.2 Å². The molecule has 2 aromatic rings. The van der Waals surface area contributed by atoms with E-state index in [2.05, 4.69) is 20.5 Å². The summed E-state index contributed by atoms with van der Waals surface area (Å²) >= 11 is 1.66. The molecule has 0 unspecified atom stereocenters. The lowest BCUT2D eigenvalue weighted by Crippen LogP contribution is -2.38. The van der Waals surface area contributed by atoms with Crippen molar-refractivity contribution in [3.8, 4) is 0 Å². The second kappa shape index (κ2) is 11.3.